The van der Waals surface area contributed by atoms with Crippen molar-refractivity contribution >= 4 is 34.7 Å². The number of carbonyl (C=O) groups is 1. The van der Waals surface area contributed by atoms with Crippen LogP contribution in [0.25, 0.3) is 0 Å². The Balaban J connectivity index is 2.50. The zero-order valence-electron chi connectivity index (χ0n) is 7.52. The van der Waals surface area contributed by atoms with Gasteiger partial charge >= 0.3 is 0 Å². The molecule has 0 fully saturated rings. The summed E-state index contributed by atoms with van der Waals surface area (Å²) in [6, 6.07) is 2.80. The van der Waals surface area contributed by atoms with E-state index in [0.717, 1.165) is 0 Å². The van der Waals surface area contributed by atoms with Gasteiger partial charge in [0.05, 0.1) is 16.4 Å². The molecule has 1 amide bonds. The molecule has 3 N–H and O–H groups in total. The molecule has 1 aromatic rings. The first kappa shape index (κ1) is 9.78. The van der Waals surface area contributed by atoms with Crippen molar-refractivity contribution in [3.05, 3.63) is 22.2 Å². The molecule has 0 saturated heterocycles. The van der Waals surface area contributed by atoms with Gasteiger partial charge in [-0.2, -0.15) is 0 Å². The lowest BCUT2D eigenvalue weighted by molar-refractivity contribution is -0.384. The van der Waals surface area contributed by atoms with Gasteiger partial charge in [0.25, 0.3) is 5.69 Å². The van der Waals surface area contributed by atoms with Crippen LogP contribution in [0, 0.1) is 10.1 Å². The second kappa shape index (κ2) is 3.43. The van der Waals surface area contributed by atoms with Crippen molar-refractivity contribution in [2.75, 3.05) is 16.8 Å². The summed E-state index contributed by atoms with van der Waals surface area (Å²) in [4.78, 5) is 21.8. The number of nitrogen functional groups attached to an aromatic ring is 1. The van der Waals surface area contributed by atoms with Crippen LogP contribution in [0.4, 0.5) is 17.1 Å². The number of hydrogen-bond donors (Lipinski definition) is 2. The third-order valence-corrected chi connectivity index (χ3v) is 3.01. The number of nitrogens with two attached hydrogens (primary N) is 1. The Bertz CT molecular complexity index is 461. The summed E-state index contributed by atoms with van der Waals surface area (Å²) in [5.74, 6) is 0.148. The van der Waals surface area contributed by atoms with Gasteiger partial charge in [-0.1, -0.05) is 0 Å². The second-order valence-electron chi connectivity index (χ2n) is 3.00. The first-order valence-electron chi connectivity index (χ1n) is 4.08. The molecule has 0 bridgehead atoms. The minimum atomic E-state index is -0.535. The number of nitro benzene ring substituents is 1. The van der Waals surface area contributed by atoms with Gasteiger partial charge in [-0.15, -0.1) is 11.8 Å². The van der Waals surface area contributed by atoms with Gasteiger partial charge in [0.15, 0.2) is 0 Å². The van der Waals surface area contributed by atoms with Crippen LogP contribution in [0.1, 0.15) is 0 Å². The molecule has 7 heteroatoms. The van der Waals surface area contributed by atoms with E-state index in [1.165, 1.54) is 23.9 Å². The smallest absolute Gasteiger partial charge is 0.293 e. The zero-order chi connectivity index (χ0) is 11.0. The van der Waals surface area contributed by atoms with Gasteiger partial charge in [0.2, 0.25) is 5.91 Å². The highest BCUT2D eigenvalue weighted by Gasteiger charge is 2.21. The van der Waals surface area contributed by atoms with Crippen molar-refractivity contribution < 1.29 is 9.72 Å². The van der Waals surface area contributed by atoms with Crippen molar-refractivity contribution in [1.29, 1.82) is 0 Å². The van der Waals surface area contributed by atoms with E-state index in [1.807, 2.05) is 0 Å². The number of nitro groups is 1. The minimum Gasteiger partial charge on any atom is -0.393 e. The van der Waals surface area contributed by atoms with Gasteiger partial charge < -0.3 is 11.1 Å². The molecule has 2 rings (SSSR count). The number of amides is 1. The Morgan fingerprint density at radius 1 is 1.53 bits per heavy atom. The Morgan fingerprint density at radius 3 is 2.93 bits per heavy atom. The lowest BCUT2D eigenvalue weighted by atomic mass is 10.2. The van der Waals surface area contributed by atoms with E-state index in [9.17, 15) is 14.9 Å². The molecule has 1 heterocycles. The predicted molar refractivity (Wildman–Crippen MR) is 56.9 cm³/mol. The molecular weight excluding hydrogens is 218 g/mol. The molecule has 0 unspecified atom stereocenters. The lowest BCUT2D eigenvalue weighted by Gasteiger charge is -2.16. The summed E-state index contributed by atoms with van der Waals surface area (Å²) in [6.07, 6.45) is 0. The van der Waals surface area contributed by atoms with E-state index in [4.69, 9.17) is 5.73 Å². The number of nitrogens with one attached hydrogen (secondary N) is 1. The Kier molecular flexibility index (Phi) is 2.24. The summed E-state index contributed by atoms with van der Waals surface area (Å²) >= 11 is 1.27. The molecule has 0 aromatic heterocycles. The molecule has 6 nitrogen and oxygen atoms in total. The van der Waals surface area contributed by atoms with Crippen LogP contribution in [-0.2, 0) is 4.79 Å². The molecule has 78 valence electrons. The third kappa shape index (κ3) is 1.73. The molecule has 15 heavy (non-hydrogen) atoms. The second-order valence-corrected chi connectivity index (χ2v) is 4.02. The van der Waals surface area contributed by atoms with Crippen LogP contribution in [-0.4, -0.2) is 16.6 Å². The number of fused-ring (bicyclic) bond motifs is 1. The average Bonchev–Trinajstić information content (AvgIpc) is 2.15. The van der Waals surface area contributed by atoms with Crippen LogP contribution in [0.5, 0.6) is 0 Å². The number of rotatable bonds is 1. The number of nitrogens with zero attached hydrogens (tertiary/aromatic N) is 1. The summed E-state index contributed by atoms with van der Waals surface area (Å²) in [7, 11) is 0. The van der Waals surface area contributed by atoms with Crippen molar-refractivity contribution in [3.63, 3.8) is 0 Å². The van der Waals surface area contributed by atoms with Crippen molar-refractivity contribution in [3.8, 4) is 0 Å². The van der Waals surface area contributed by atoms with E-state index in [0.29, 0.717) is 10.6 Å². The number of benzene rings is 1. The van der Waals surface area contributed by atoms with Gasteiger partial charge in [0.1, 0.15) is 5.69 Å². The Hall–Kier alpha value is -1.76. The standard InChI is InChI=1S/C8H7N3O3S/c9-4-1-5-7(2-6(4)11(13)14)15-3-8(12)10-5/h1-2H,3,9H2,(H,10,12). The number of thioether (sulfide) groups is 1. The Labute approximate surface area is 89.0 Å². The molecule has 0 aliphatic carbocycles. The van der Waals surface area contributed by atoms with Crippen LogP contribution in [0.3, 0.4) is 0 Å². The van der Waals surface area contributed by atoms with E-state index in [-0.39, 0.29) is 23.0 Å². The van der Waals surface area contributed by atoms with E-state index in [2.05, 4.69) is 5.32 Å². The van der Waals surface area contributed by atoms with Crippen LogP contribution in [0.15, 0.2) is 17.0 Å². The molecule has 0 saturated carbocycles. The van der Waals surface area contributed by atoms with Gasteiger partial charge in [0, 0.05) is 11.0 Å². The average molecular weight is 225 g/mol. The minimum absolute atomic E-state index is 0.0570. The number of carbonyl (C=O) groups excluding carboxylic acids is 1. The van der Waals surface area contributed by atoms with Gasteiger partial charge in [-0.3, -0.25) is 14.9 Å². The van der Waals surface area contributed by atoms with Gasteiger partial charge in [-0.05, 0) is 6.07 Å². The zero-order valence-corrected chi connectivity index (χ0v) is 8.34. The van der Waals surface area contributed by atoms with Crippen LogP contribution in [0.2, 0.25) is 0 Å². The predicted octanol–water partition coefficient (Wildman–Crippen LogP) is 1.22. The van der Waals surface area contributed by atoms with E-state index < -0.39 is 4.92 Å². The molecule has 0 radical (unpaired) electrons. The van der Waals surface area contributed by atoms with E-state index in [1.54, 1.807) is 0 Å². The number of anilines is 2. The molecular formula is C8H7N3O3S. The highest BCUT2D eigenvalue weighted by Crippen LogP contribution is 2.37. The third-order valence-electron chi connectivity index (χ3n) is 1.96. The topological polar surface area (TPSA) is 98.3 Å². The molecule has 0 atom stereocenters. The van der Waals surface area contributed by atoms with E-state index >= 15 is 0 Å². The van der Waals surface area contributed by atoms with Crippen LogP contribution >= 0.6 is 11.8 Å². The van der Waals surface area contributed by atoms with Crippen LogP contribution < -0.4 is 11.1 Å². The largest absolute Gasteiger partial charge is 0.393 e. The summed E-state index contributed by atoms with van der Waals surface area (Å²) < 4.78 is 0. The Morgan fingerprint density at radius 2 is 2.27 bits per heavy atom. The summed E-state index contributed by atoms with van der Waals surface area (Å²) in [6.45, 7) is 0. The van der Waals surface area contributed by atoms with Gasteiger partial charge in [-0.25, -0.2) is 0 Å². The first-order valence-corrected chi connectivity index (χ1v) is 5.07. The fourth-order valence-corrected chi connectivity index (χ4v) is 2.11. The highest BCUT2D eigenvalue weighted by molar-refractivity contribution is 8.00. The van der Waals surface area contributed by atoms with Crippen molar-refractivity contribution in [1.82, 2.24) is 0 Å². The maximum absolute atomic E-state index is 11.0. The van der Waals surface area contributed by atoms with Crippen molar-refractivity contribution in [2.45, 2.75) is 4.90 Å². The summed E-state index contributed by atoms with van der Waals surface area (Å²) in [5, 5.41) is 13.2. The monoisotopic (exact) mass is 225 g/mol. The van der Waals surface area contributed by atoms with Crippen molar-refractivity contribution in [2.24, 2.45) is 0 Å². The highest BCUT2D eigenvalue weighted by atomic mass is 32.2. The SMILES string of the molecule is Nc1cc2c(cc1[N+](=O)[O-])SCC(=O)N2. The quantitative estimate of drug-likeness (QED) is 0.425. The first-order chi connectivity index (χ1) is 7.08. The normalized spacial score (nSPS) is 14.3. The fourth-order valence-electron chi connectivity index (χ4n) is 1.29. The lowest BCUT2D eigenvalue weighted by Crippen LogP contribution is -2.19. The number of hydrogen-bond acceptors (Lipinski definition) is 5. The maximum atomic E-state index is 11.0. The summed E-state index contributed by atoms with van der Waals surface area (Å²) in [5.41, 5.74) is 5.96. The molecule has 1 aromatic carbocycles. The maximum Gasteiger partial charge on any atom is 0.293 e. The fraction of sp³-hybridized carbons (Fsp3) is 0.125. The molecule has 1 aliphatic rings. The molecule has 1 aliphatic heterocycles. The molecule has 0 spiro atoms.